The van der Waals surface area contributed by atoms with Gasteiger partial charge in [-0.1, -0.05) is 30.3 Å². The fourth-order valence-corrected chi connectivity index (χ4v) is 3.18. The van der Waals surface area contributed by atoms with Crippen LogP contribution in [-0.2, 0) is 0 Å². The molecule has 30 heavy (non-hydrogen) atoms. The van der Waals surface area contributed by atoms with Gasteiger partial charge in [0.2, 0.25) is 11.8 Å². The Morgan fingerprint density at radius 2 is 1.63 bits per heavy atom. The number of fused-ring (bicyclic) bond motifs is 1. The smallest absolute Gasteiger partial charge is 0.270 e. The molecular weight excluding hydrogens is 382 g/mol. The van der Waals surface area contributed by atoms with E-state index < -0.39 is 4.92 Å². The minimum atomic E-state index is -0.442. The van der Waals surface area contributed by atoms with E-state index in [2.05, 4.69) is 20.2 Å². The quantitative estimate of drug-likeness (QED) is 0.314. The van der Waals surface area contributed by atoms with Crippen molar-refractivity contribution in [3.63, 3.8) is 0 Å². The van der Waals surface area contributed by atoms with Crippen molar-refractivity contribution in [3.8, 4) is 34.2 Å². The van der Waals surface area contributed by atoms with Crippen molar-refractivity contribution in [1.82, 2.24) is 20.2 Å². The number of nitro benzene ring substituents is 1. The van der Waals surface area contributed by atoms with Gasteiger partial charge >= 0.3 is 0 Å². The van der Waals surface area contributed by atoms with E-state index >= 15 is 0 Å². The molecule has 3 heterocycles. The number of nitro groups is 1. The van der Waals surface area contributed by atoms with Gasteiger partial charge in [0.25, 0.3) is 5.69 Å². The van der Waals surface area contributed by atoms with Crippen molar-refractivity contribution in [2.75, 3.05) is 0 Å². The van der Waals surface area contributed by atoms with Crippen molar-refractivity contribution in [1.29, 1.82) is 0 Å². The average Bonchev–Trinajstić information content (AvgIpc) is 3.29. The molecule has 0 saturated heterocycles. The van der Waals surface area contributed by atoms with Crippen molar-refractivity contribution in [2.45, 2.75) is 0 Å². The number of hydrogen-bond acceptors (Lipinski definition) is 7. The van der Waals surface area contributed by atoms with Gasteiger partial charge in [-0.25, -0.2) is 9.97 Å². The van der Waals surface area contributed by atoms with E-state index in [-0.39, 0.29) is 11.6 Å². The van der Waals surface area contributed by atoms with E-state index in [1.165, 1.54) is 12.1 Å². The SMILES string of the molecule is O=[N+]([O-])c1cccc(-c2nc3ncccc3cc2-c2nnc(-c3ccccc3)o2)c1. The number of benzene rings is 2. The zero-order valence-corrected chi connectivity index (χ0v) is 15.5. The van der Waals surface area contributed by atoms with Gasteiger partial charge in [-0.3, -0.25) is 10.1 Å². The first-order valence-corrected chi connectivity index (χ1v) is 9.09. The Morgan fingerprint density at radius 1 is 0.833 bits per heavy atom. The lowest BCUT2D eigenvalue weighted by atomic mass is 10.0. The molecule has 0 saturated carbocycles. The van der Waals surface area contributed by atoms with Crippen LogP contribution in [0.15, 0.2) is 83.4 Å². The molecule has 5 rings (SSSR count). The molecule has 0 atom stereocenters. The molecule has 0 fully saturated rings. The summed E-state index contributed by atoms with van der Waals surface area (Å²) in [6, 6.07) is 21.2. The van der Waals surface area contributed by atoms with Gasteiger partial charge in [0, 0.05) is 34.8 Å². The highest BCUT2D eigenvalue weighted by Gasteiger charge is 2.19. The Kier molecular flexibility index (Phi) is 4.21. The van der Waals surface area contributed by atoms with Crippen LogP contribution in [0.5, 0.6) is 0 Å². The van der Waals surface area contributed by atoms with Crippen LogP contribution >= 0.6 is 0 Å². The van der Waals surface area contributed by atoms with Crippen LogP contribution in [-0.4, -0.2) is 25.1 Å². The highest BCUT2D eigenvalue weighted by Crippen LogP contribution is 2.34. The fourth-order valence-electron chi connectivity index (χ4n) is 3.18. The standard InChI is InChI=1S/C22H13N5O3/c28-27(29)17-10-4-8-15(12-17)19-18(13-16-9-5-11-23-20(16)24-19)22-26-25-21(30-22)14-6-2-1-3-7-14/h1-13H. The van der Waals surface area contributed by atoms with Gasteiger partial charge < -0.3 is 4.42 Å². The topological polar surface area (TPSA) is 108 Å². The summed E-state index contributed by atoms with van der Waals surface area (Å²) in [5, 5.41) is 20.4. The van der Waals surface area contributed by atoms with Crippen LogP contribution in [0, 0.1) is 10.1 Å². The van der Waals surface area contributed by atoms with E-state index in [0.717, 1.165) is 10.9 Å². The van der Waals surface area contributed by atoms with Crippen LogP contribution in [0.4, 0.5) is 5.69 Å². The lowest BCUT2D eigenvalue weighted by Gasteiger charge is -2.08. The molecule has 0 bridgehead atoms. The third kappa shape index (κ3) is 3.16. The summed E-state index contributed by atoms with van der Waals surface area (Å²) >= 11 is 0. The maximum absolute atomic E-state index is 11.2. The Hall–Kier alpha value is -4.46. The predicted octanol–water partition coefficient (Wildman–Crippen LogP) is 4.92. The average molecular weight is 395 g/mol. The molecule has 0 radical (unpaired) electrons. The van der Waals surface area contributed by atoms with Gasteiger partial charge in [0.05, 0.1) is 16.2 Å². The highest BCUT2D eigenvalue weighted by molar-refractivity contribution is 5.88. The Morgan fingerprint density at radius 3 is 2.47 bits per heavy atom. The number of hydrogen-bond donors (Lipinski definition) is 0. The molecule has 3 aromatic heterocycles. The lowest BCUT2D eigenvalue weighted by Crippen LogP contribution is -1.94. The number of pyridine rings is 2. The summed E-state index contributed by atoms with van der Waals surface area (Å²) in [6.45, 7) is 0. The number of non-ortho nitro benzene ring substituents is 1. The zero-order chi connectivity index (χ0) is 20.5. The van der Waals surface area contributed by atoms with E-state index in [1.807, 2.05) is 48.5 Å². The zero-order valence-electron chi connectivity index (χ0n) is 15.5. The van der Waals surface area contributed by atoms with Crippen molar-refractivity contribution < 1.29 is 9.34 Å². The van der Waals surface area contributed by atoms with E-state index in [1.54, 1.807) is 18.3 Å². The van der Waals surface area contributed by atoms with Crippen LogP contribution in [0.3, 0.4) is 0 Å². The molecular formula is C22H13N5O3. The van der Waals surface area contributed by atoms with Gasteiger partial charge in [-0.2, -0.15) is 0 Å². The van der Waals surface area contributed by atoms with E-state index in [4.69, 9.17) is 4.42 Å². The molecule has 0 aliphatic carbocycles. The Bertz CT molecular complexity index is 1380. The number of rotatable bonds is 4. The first-order chi connectivity index (χ1) is 14.7. The van der Waals surface area contributed by atoms with Crippen LogP contribution in [0.1, 0.15) is 0 Å². The van der Waals surface area contributed by atoms with Crippen LogP contribution in [0.25, 0.3) is 45.2 Å². The van der Waals surface area contributed by atoms with Crippen LogP contribution < -0.4 is 0 Å². The highest BCUT2D eigenvalue weighted by atomic mass is 16.6. The molecule has 5 aromatic rings. The van der Waals surface area contributed by atoms with Gasteiger partial charge in [-0.05, 0) is 30.3 Å². The van der Waals surface area contributed by atoms with Crippen molar-refractivity contribution in [2.24, 2.45) is 0 Å². The summed E-state index contributed by atoms with van der Waals surface area (Å²) in [5.74, 6) is 0.649. The number of aromatic nitrogens is 4. The van der Waals surface area contributed by atoms with Crippen LogP contribution in [0.2, 0.25) is 0 Å². The van der Waals surface area contributed by atoms with Crippen molar-refractivity contribution in [3.05, 3.63) is 89.1 Å². The normalized spacial score (nSPS) is 10.9. The maximum Gasteiger partial charge on any atom is 0.270 e. The molecule has 0 aliphatic heterocycles. The van der Waals surface area contributed by atoms with Gasteiger partial charge in [-0.15, -0.1) is 10.2 Å². The van der Waals surface area contributed by atoms with E-state index in [0.29, 0.717) is 28.4 Å². The monoisotopic (exact) mass is 395 g/mol. The summed E-state index contributed by atoms with van der Waals surface area (Å²) in [4.78, 5) is 19.7. The number of nitrogens with zero attached hydrogens (tertiary/aromatic N) is 5. The molecule has 0 aliphatic rings. The third-order valence-corrected chi connectivity index (χ3v) is 4.60. The molecule has 2 aromatic carbocycles. The molecule has 0 amide bonds. The second-order valence-corrected chi connectivity index (χ2v) is 6.52. The fraction of sp³-hybridized carbons (Fsp3) is 0. The molecule has 144 valence electrons. The minimum absolute atomic E-state index is 0.0307. The maximum atomic E-state index is 11.2. The summed E-state index contributed by atoms with van der Waals surface area (Å²) in [7, 11) is 0. The summed E-state index contributed by atoms with van der Waals surface area (Å²) in [6.07, 6.45) is 1.65. The van der Waals surface area contributed by atoms with Gasteiger partial charge in [0.15, 0.2) is 5.65 Å². The lowest BCUT2D eigenvalue weighted by molar-refractivity contribution is -0.384. The van der Waals surface area contributed by atoms with Gasteiger partial charge in [0.1, 0.15) is 0 Å². The van der Waals surface area contributed by atoms with Crippen molar-refractivity contribution >= 4 is 16.7 Å². The summed E-state index contributed by atoms with van der Waals surface area (Å²) in [5.41, 5.74) is 2.90. The Labute approximate surface area is 170 Å². The molecule has 0 unspecified atom stereocenters. The molecule has 0 N–H and O–H groups in total. The second kappa shape index (κ2) is 7.17. The summed E-state index contributed by atoms with van der Waals surface area (Å²) < 4.78 is 5.93. The molecule has 8 heteroatoms. The third-order valence-electron chi connectivity index (χ3n) is 4.60. The minimum Gasteiger partial charge on any atom is -0.416 e. The molecule has 8 nitrogen and oxygen atoms in total. The first-order valence-electron chi connectivity index (χ1n) is 9.09. The van der Waals surface area contributed by atoms with E-state index in [9.17, 15) is 10.1 Å². The Balaban J connectivity index is 1.71. The predicted molar refractivity (Wildman–Crippen MR) is 110 cm³/mol. The molecule has 0 spiro atoms. The largest absolute Gasteiger partial charge is 0.416 e. The first kappa shape index (κ1) is 17.6. The second-order valence-electron chi connectivity index (χ2n) is 6.52.